The number of carbonyl (C=O) groups excluding carboxylic acids is 3. The Labute approximate surface area is 506 Å². The van der Waals surface area contributed by atoms with Crippen LogP contribution in [0.1, 0.15) is 252 Å². The number of rotatable bonds is 53. The summed E-state index contributed by atoms with van der Waals surface area (Å²) in [5, 5.41) is 3.15. The molecule has 2 aromatic carbocycles. The first-order valence-electron chi connectivity index (χ1n) is 33.4. The second kappa shape index (κ2) is 46.9. The topological polar surface area (TPSA) is 154 Å². The molecule has 0 radical (unpaired) electrons. The molecule has 1 fully saturated rings. The van der Waals surface area contributed by atoms with E-state index in [1.165, 1.54) is 155 Å². The van der Waals surface area contributed by atoms with Gasteiger partial charge in [0.25, 0.3) is 0 Å². The molecule has 0 aromatic heterocycles. The van der Waals surface area contributed by atoms with Crippen LogP contribution in [0.5, 0.6) is 11.5 Å². The quantitative estimate of drug-likeness (QED) is 0.0220. The van der Waals surface area contributed by atoms with E-state index in [1.807, 2.05) is 0 Å². The van der Waals surface area contributed by atoms with Crippen molar-refractivity contribution < 1.29 is 56.2 Å². The SMILES string of the molecule is CCCCCCCCCCCCCCC(CCCCCCCCCCC)CC(=O)O[C@H]1[C@H](OP(=O)(Oc2ccccc2)Oc2ccccc2)[C@@H](COC(C)=O)OC[C@@H]1NC(=O)C[C@@H](CCCCCCCCCCC)OCOCC[Si](C)(C)C. The molecule has 2 aromatic rings. The molecule has 1 heterocycles. The van der Waals surface area contributed by atoms with Crippen molar-refractivity contribution in [1.82, 2.24) is 5.32 Å². The van der Waals surface area contributed by atoms with Gasteiger partial charge in [0.15, 0.2) is 6.10 Å². The third kappa shape index (κ3) is 37.8. The fraction of sp³-hybridized carbons (Fsp3) is 0.779. The number of amides is 1. The van der Waals surface area contributed by atoms with Crippen molar-refractivity contribution in [2.24, 2.45) is 5.92 Å². The number of ether oxygens (including phenoxy) is 5. The maximum absolute atomic E-state index is 15.3. The molecular formula is C68H118NO12PSi. The van der Waals surface area contributed by atoms with E-state index in [-0.39, 0.29) is 56.2 Å². The molecule has 1 amide bonds. The van der Waals surface area contributed by atoms with Crippen LogP contribution in [0, 0.1) is 5.92 Å². The maximum atomic E-state index is 15.3. The van der Waals surface area contributed by atoms with Gasteiger partial charge in [0.1, 0.15) is 37.1 Å². The van der Waals surface area contributed by atoms with Crippen LogP contribution < -0.4 is 14.4 Å². The van der Waals surface area contributed by atoms with Gasteiger partial charge in [0.2, 0.25) is 5.91 Å². The number of hydrogen-bond acceptors (Lipinski definition) is 12. The minimum absolute atomic E-state index is 0.0283. The molecule has 1 unspecified atom stereocenters. The zero-order chi connectivity index (χ0) is 60.1. The summed E-state index contributed by atoms with van der Waals surface area (Å²) in [5.41, 5.74) is 0. The van der Waals surface area contributed by atoms with Crippen molar-refractivity contribution in [3.63, 3.8) is 0 Å². The maximum Gasteiger partial charge on any atom is 0.588 e. The highest BCUT2D eigenvalue weighted by Crippen LogP contribution is 2.52. The van der Waals surface area contributed by atoms with Crippen LogP contribution in [0.2, 0.25) is 25.7 Å². The monoisotopic (exact) mass is 1200 g/mol. The Hall–Kier alpha value is -3.26. The third-order valence-corrected chi connectivity index (χ3v) is 19.0. The van der Waals surface area contributed by atoms with Crippen LogP contribution in [0.4, 0.5) is 0 Å². The van der Waals surface area contributed by atoms with Gasteiger partial charge >= 0.3 is 19.8 Å². The lowest BCUT2D eigenvalue weighted by atomic mass is 9.91. The first kappa shape index (κ1) is 74.0. The highest BCUT2D eigenvalue weighted by Gasteiger charge is 2.50. The molecule has 1 saturated heterocycles. The number of nitrogens with one attached hydrogen (secondary N) is 1. The van der Waals surface area contributed by atoms with Crippen molar-refractivity contribution in [2.75, 3.05) is 26.6 Å². The lowest BCUT2D eigenvalue weighted by Gasteiger charge is -2.42. The van der Waals surface area contributed by atoms with Crippen LogP contribution in [0.3, 0.4) is 0 Å². The number of carbonyl (C=O) groups is 3. The van der Waals surface area contributed by atoms with Gasteiger partial charge in [-0.1, -0.05) is 269 Å². The molecule has 0 bridgehead atoms. The Morgan fingerprint density at radius 3 is 1.46 bits per heavy atom. The van der Waals surface area contributed by atoms with Crippen molar-refractivity contribution in [3.05, 3.63) is 60.7 Å². The fourth-order valence-electron chi connectivity index (χ4n) is 10.8. The predicted molar refractivity (Wildman–Crippen MR) is 341 cm³/mol. The molecule has 15 heteroatoms. The Kier molecular flexibility index (Phi) is 41.8. The predicted octanol–water partition coefficient (Wildman–Crippen LogP) is 19.0. The van der Waals surface area contributed by atoms with E-state index in [4.69, 9.17) is 37.3 Å². The molecule has 1 aliphatic heterocycles. The van der Waals surface area contributed by atoms with Crippen molar-refractivity contribution >= 4 is 33.7 Å². The van der Waals surface area contributed by atoms with E-state index in [0.29, 0.717) is 13.0 Å². The van der Waals surface area contributed by atoms with Crippen LogP contribution >= 0.6 is 7.82 Å². The fourth-order valence-corrected chi connectivity index (χ4v) is 13.0. The number of unbranched alkanes of at least 4 members (excludes halogenated alkanes) is 27. The number of esters is 2. The van der Waals surface area contributed by atoms with E-state index in [9.17, 15) is 14.4 Å². The number of benzene rings is 2. The van der Waals surface area contributed by atoms with E-state index < -0.39 is 58.3 Å². The Bertz CT molecular complexity index is 1910. The molecule has 13 nitrogen and oxygen atoms in total. The number of phosphoric ester groups is 1. The minimum atomic E-state index is -4.69. The standard InChI is InChI=1S/C68H118NO12PSi/c1-8-11-14-17-20-23-24-25-28-30-33-38-45-59(44-37-32-29-26-21-18-15-12-9-2)53-66(72)78-67-63(69-65(71)54-62(77-57-74-51-52-83(5,6)7)50-39-34-31-27-22-19-16-13-10-3)55-76-64(56-75-58(4)70)68(67)81-82(73,79-60-46-40-35-41-47-60)80-61-48-42-36-43-49-61/h35-36,40-43,46-49,59,62-64,67-68H,8-34,37-39,44-45,50-57H2,1-7H3,(H,69,71)/t59?,62-,63+,64-,67-,68-/m1/s1. The summed E-state index contributed by atoms with van der Waals surface area (Å²) in [5.74, 6) is -0.864. The van der Waals surface area contributed by atoms with E-state index in [1.54, 1.807) is 60.7 Å². The summed E-state index contributed by atoms with van der Waals surface area (Å²) in [6.45, 7) is 15.2. The van der Waals surface area contributed by atoms with E-state index in [2.05, 4.69) is 45.7 Å². The second-order valence-electron chi connectivity index (χ2n) is 24.9. The van der Waals surface area contributed by atoms with Gasteiger partial charge in [-0.3, -0.25) is 18.9 Å². The summed E-state index contributed by atoms with van der Waals surface area (Å²) in [7, 11) is -6.02. The van der Waals surface area contributed by atoms with E-state index >= 15 is 4.57 Å². The Morgan fingerprint density at radius 2 is 1.02 bits per heavy atom. The van der Waals surface area contributed by atoms with Gasteiger partial charge < -0.3 is 38.0 Å². The molecule has 6 atom stereocenters. The first-order valence-corrected chi connectivity index (χ1v) is 38.6. The molecule has 0 aliphatic carbocycles. The Balaban J connectivity index is 1.93. The highest BCUT2D eigenvalue weighted by atomic mass is 31.2. The van der Waals surface area contributed by atoms with Gasteiger partial charge in [-0.05, 0) is 55.5 Å². The molecule has 1 aliphatic rings. The molecule has 476 valence electrons. The second-order valence-corrected chi connectivity index (χ2v) is 32.0. The summed E-state index contributed by atoms with van der Waals surface area (Å²) >= 11 is 0. The third-order valence-electron chi connectivity index (χ3n) is 15.9. The molecular weight excluding hydrogens is 1080 g/mol. The van der Waals surface area contributed by atoms with Crippen molar-refractivity contribution in [3.8, 4) is 11.5 Å². The summed E-state index contributed by atoms with van der Waals surface area (Å²) in [6, 6.07) is 17.1. The van der Waals surface area contributed by atoms with Gasteiger partial charge in [0, 0.05) is 28.0 Å². The molecule has 3 rings (SSSR count). The van der Waals surface area contributed by atoms with Crippen LogP contribution in [-0.4, -0.2) is 83.0 Å². The van der Waals surface area contributed by atoms with Crippen molar-refractivity contribution in [2.45, 2.75) is 309 Å². The minimum Gasteiger partial charge on any atom is -0.463 e. The van der Waals surface area contributed by atoms with Gasteiger partial charge in [-0.25, -0.2) is 4.57 Å². The summed E-state index contributed by atoms with van der Waals surface area (Å²) in [4.78, 5) is 41.7. The number of phosphoric acid groups is 1. The van der Waals surface area contributed by atoms with Crippen LogP contribution in [0.15, 0.2) is 60.7 Å². The summed E-state index contributed by atoms with van der Waals surface area (Å²) < 4.78 is 65.0. The smallest absolute Gasteiger partial charge is 0.463 e. The molecule has 83 heavy (non-hydrogen) atoms. The zero-order valence-corrected chi connectivity index (χ0v) is 55.3. The van der Waals surface area contributed by atoms with Gasteiger partial charge in [0.05, 0.1) is 25.2 Å². The lowest BCUT2D eigenvalue weighted by Crippen LogP contribution is -2.62. The lowest BCUT2D eigenvalue weighted by molar-refractivity contribution is -0.193. The largest absolute Gasteiger partial charge is 0.588 e. The van der Waals surface area contributed by atoms with Crippen LogP contribution in [-0.2, 0) is 47.2 Å². The first-order chi connectivity index (χ1) is 40.2. The molecule has 0 saturated carbocycles. The average molecular weight is 1200 g/mol. The van der Waals surface area contributed by atoms with Crippen LogP contribution in [0.25, 0.3) is 0 Å². The molecule has 0 spiro atoms. The van der Waals surface area contributed by atoms with Gasteiger partial charge in [-0.2, -0.15) is 0 Å². The highest BCUT2D eigenvalue weighted by molar-refractivity contribution is 7.49. The van der Waals surface area contributed by atoms with Gasteiger partial charge in [-0.15, -0.1) is 0 Å². The Morgan fingerprint density at radius 1 is 0.590 bits per heavy atom. The zero-order valence-electron chi connectivity index (χ0n) is 53.4. The molecule has 1 N–H and O–H groups in total. The average Bonchev–Trinajstić information content (AvgIpc) is 3.64. The summed E-state index contributed by atoms with van der Waals surface area (Å²) in [6.07, 6.45) is 35.1. The normalized spacial score (nSPS) is 17.2. The number of hydrogen-bond donors (Lipinski definition) is 1. The van der Waals surface area contributed by atoms with E-state index in [0.717, 1.165) is 63.8 Å². The number of para-hydroxylation sites is 2. The van der Waals surface area contributed by atoms with Crippen molar-refractivity contribution in [1.29, 1.82) is 0 Å².